The van der Waals surface area contributed by atoms with Crippen molar-refractivity contribution in [2.75, 3.05) is 0 Å². The van der Waals surface area contributed by atoms with Crippen LogP contribution in [0.1, 0.15) is 29.3 Å². The quantitative estimate of drug-likeness (QED) is 0.317. The zero-order chi connectivity index (χ0) is 22.9. The van der Waals surface area contributed by atoms with Gasteiger partial charge in [-0.3, -0.25) is 14.2 Å². The second-order valence-electron chi connectivity index (χ2n) is 8.01. The van der Waals surface area contributed by atoms with E-state index in [-0.39, 0.29) is 17.3 Å². The molecule has 1 aliphatic rings. The van der Waals surface area contributed by atoms with Gasteiger partial charge in [0.2, 0.25) is 5.91 Å². The minimum absolute atomic E-state index is 0.0768. The predicted octanol–water partition coefficient (Wildman–Crippen LogP) is 4.87. The third-order valence-corrected chi connectivity index (χ3v) is 7.99. The summed E-state index contributed by atoms with van der Waals surface area (Å²) in [6.07, 6.45) is 2.98. The van der Waals surface area contributed by atoms with Crippen molar-refractivity contribution in [2.24, 2.45) is 0 Å². The van der Waals surface area contributed by atoms with Crippen LogP contribution < -0.4 is 10.9 Å². The molecule has 0 radical (unpaired) electrons. The fourth-order valence-corrected chi connectivity index (χ4v) is 6.31. The monoisotopic (exact) mass is 479 g/mol. The van der Waals surface area contributed by atoms with E-state index in [1.54, 1.807) is 35.0 Å². The molecule has 5 rings (SSSR count). The van der Waals surface area contributed by atoms with Crippen molar-refractivity contribution in [3.63, 3.8) is 0 Å². The first kappa shape index (κ1) is 21.9. The van der Waals surface area contributed by atoms with Crippen LogP contribution in [0.3, 0.4) is 0 Å². The lowest BCUT2D eigenvalue weighted by Gasteiger charge is -2.16. The number of fused-ring (bicyclic) bond motifs is 3. The van der Waals surface area contributed by atoms with Gasteiger partial charge in [0.15, 0.2) is 5.16 Å². The van der Waals surface area contributed by atoms with E-state index in [9.17, 15) is 14.0 Å². The zero-order valence-electron chi connectivity index (χ0n) is 18.0. The summed E-state index contributed by atoms with van der Waals surface area (Å²) in [6, 6.07) is 15.5. The molecule has 0 saturated carbocycles. The number of carbonyl (C=O) groups is 1. The van der Waals surface area contributed by atoms with Crippen molar-refractivity contribution in [1.29, 1.82) is 0 Å². The van der Waals surface area contributed by atoms with E-state index in [1.165, 1.54) is 28.8 Å². The summed E-state index contributed by atoms with van der Waals surface area (Å²) in [5.74, 6) is -0.485. The fourth-order valence-electron chi connectivity index (χ4n) is 4.06. The number of hydrogen-bond acceptors (Lipinski definition) is 5. The molecule has 1 unspecified atom stereocenters. The van der Waals surface area contributed by atoms with Crippen molar-refractivity contribution in [2.45, 2.75) is 43.1 Å². The number of rotatable bonds is 6. The predicted molar refractivity (Wildman–Crippen MR) is 131 cm³/mol. The summed E-state index contributed by atoms with van der Waals surface area (Å²) in [5.41, 5.74) is 2.61. The van der Waals surface area contributed by atoms with Crippen LogP contribution in [-0.4, -0.2) is 20.7 Å². The Balaban J connectivity index is 1.46. The van der Waals surface area contributed by atoms with Gasteiger partial charge in [-0.15, -0.1) is 11.3 Å². The Morgan fingerprint density at radius 2 is 1.94 bits per heavy atom. The van der Waals surface area contributed by atoms with Gasteiger partial charge in [0, 0.05) is 11.4 Å². The number of nitrogens with zero attached hydrogens (tertiary/aromatic N) is 2. The van der Waals surface area contributed by atoms with Gasteiger partial charge in [-0.2, -0.15) is 0 Å². The number of thiophene rings is 1. The molecule has 0 aliphatic heterocycles. The van der Waals surface area contributed by atoms with E-state index in [0.29, 0.717) is 17.1 Å². The summed E-state index contributed by atoms with van der Waals surface area (Å²) in [4.78, 5) is 33.3. The van der Waals surface area contributed by atoms with Crippen molar-refractivity contribution in [3.8, 4) is 5.69 Å². The molecule has 2 heterocycles. The molecule has 1 N–H and O–H groups in total. The molecule has 5 nitrogen and oxygen atoms in total. The lowest BCUT2D eigenvalue weighted by atomic mass is 10.2. The standard InChI is InChI=1S/C25H22FN3O2S2/c1-15(22(30)27-14-16-10-12-17(26)13-11-16)32-25-28-23-21(19-8-5-9-20(19)33-23)24(31)29(25)18-6-3-2-4-7-18/h2-4,6-7,10-13,15H,5,8-9,14H2,1H3,(H,27,30). The number of nitrogens with one attached hydrogen (secondary N) is 1. The molecule has 2 aromatic heterocycles. The molecule has 0 saturated heterocycles. The minimum Gasteiger partial charge on any atom is -0.351 e. The third-order valence-electron chi connectivity index (χ3n) is 5.75. The molecule has 0 bridgehead atoms. The van der Waals surface area contributed by atoms with Crippen molar-refractivity contribution in [1.82, 2.24) is 14.9 Å². The molecule has 1 amide bonds. The number of benzene rings is 2. The van der Waals surface area contributed by atoms with Gasteiger partial charge in [-0.05, 0) is 61.6 Å². The highest BCUT2D eigenvalue weighted by Gasteiger charge is 2.25. The molecular weight excluding hydrogens is 457 g/mol. The Kier molecular flexibility index (Phi) is 6.03. The third kappa shape index (κ3) is 4.32. The summed E-state index contributed by atoms with van der Waals surface area (Å²) >= 11 is 2.86. The lowest BCUT2D eigenvalue weighted by Crippen LogP contribution is -2.31. The number of amides is 1. The smallest absolute Gasteiger partial charge is 0.267 e. The molecule has 2 aromatic carbocycles. The Morgan fingerprint density at radius 3 is 2.70 bits per heavy atom. The summed E-state index contributed by atoms with van der Waals surface area (Å²) in [5, 5.41) is 3.63. The molecule has 0 fully saturated rings. The van der Waals surface area contributed by atoms with Crippen molar-refractivity contribution >= 4 is 39.2 Å². The second kappa shape index (κ2) is 9.11. The maximum atomic E-state index is 13.6. The highest BCUT2D eigenvalue weighted by Crippen LogP contribution is 2.36. The fraction of sp³-hybridized carbons (Fsp3) is 0.240. The molecule has 0 spiro atoms. The van der Waals surface area contributed by atoms with Gasteiger partial charge < -0.3 is 5.32 Å². The van der Waals surface area contributed by atoms with Crippen molar-refractivity contribution < 1.29 is 9.18 Å². The lowest BCUT2D eigenvalue weighted by molar-refractivity contribution is -0.120. The van der Waals surface area contributed by atoms with E-state index in [1.807, 2.05) is 30.3 Å². The largest absolute Gasteiger partial charge is 0.351 e. The first-order chi connectivity index (χ1) is 16.0. The minimum atomic E-state index is -0.475. The maximum absolute atomic E-state index is 13.6. The number of halogens is 1. The van der Waals surface area contributed by atoms with E-state index in [0.717, 1.165) is 40.9 Å². The Morgan fingerprint density at radius 1 is 1.18 bits per heavy atom. The first-order valence-corrected chi connectivity index (χ1v) is 12.5. The van der Waals surface area contributed by atoms with E-state index in [2.05, 4.69) is 5.32 Å². The molecule has 168 valence electrons. The van der Waals surface area contributed by atoms with Crippen LogP contribution in [0.25, 0.3) is 15.9 Å². The Hall–Kier alpha value is -2.97. The van der Waals surface area contributed by atoms with Gasteiger partial charge in [0.25, 0.3) is 5.56 Å². The highest BCUT2D eigenvalue weighted by atomic mass is 32.2. The topological polar surface area (TPSA) is 64.0 Å². The van der Waals surface area contributed by atoms with Crippen LogP contribution in [0.5, 0.6) is 0 Å². The molecule has 1 aliphatic carbocycles. The number of aromatic nitrogens is 2. The molecule has 8 heteroatoms. The molecule has 4 aromatic rings. The van der Waals surface area contributed by atoms with E-state index < -0.39 is 5.25 Å². The number of hydrogen-bond donors (Lipinski definition) is 1. The van der Waals surface area contributed by atoms with Crippen molar-refractivity contribution in [3.05, 3.63) is 86.8 Å². The van der Waals surface area contributed by atoms with Crippen LogP contribution in [0.15, 0.2) is 64.5 Å². The summed E-state index contributed by atoms with van der Waals surface area (Å²) in [6.45, 7) is 2.10. The number of thioether (sulfide) groups is 1. The van der Waals surface area contributed by atoms with Crippen LogP contribution in [0, 0.1) is 5.82 Å². The summed E-state index contributed by atoms with van der Waals surface area (Å²) < 4.78 is 14.7. The van der Waals surface area contributed by atoms with Crippen LogP contribution in [0.2, 0.25) is 0 Å². The zero-order valence-corrected chi connectivity index (χ0v) is 19.6. The molecule has 33 heavy (non-hydrogen) atoms. The van der Waals surface area contributed by atoms with E-state index >= 15 is 0 Å². The normalized spacial score (nSPS) is 13.8. The second-order valence-corrected chi connectivity index (χ2v) is 10.4. The van der Waals surface area contributed by atoms with Crippen LogP contribution >= 0.6 is 23.1 Å². The number of carbonyl (C=O) groups excluding carboxylic acids is 1. The molecule has 1 atom stereocenters. The molecular formula is C25H22FN3O2S2. The Labute approximate surface area is 198 Å². The first-order valence-electron chi connectivity index (χ1n) is 10.8. The van der Waals surface area contributed by atoms with Crippen LogP contribution in [-0.2, 0) is 24.2 Å². The van der Waals surface area contributed by atoms with Gasteiger partial charge in [0.05, 0.1) is 16.3 Å². The van der Waals surface area contributed by atoms with Gasteiger partial charge in [0.1, 0.15) is 10.6 Å². The average molecular weight is 480 g/mol. The highest BCUT2D eigenvalue weighted by molar-refractivity contribution is 8.00. The average Bonchev–Trinajstić information content (AvgIpc) is 3.40. The van der Waals surface area contributed by atoms with Gasteiger partial charge in [-0.25, -0.2) is 9.37 Å². The van der Waals surface area contributed by atoms with Gasteiger partial charge in [-0.1, -0.05) is 42.1 Å². The Bertz CT molecular complexity index is 1380. The summed E-state index contributed by atoms with van der Waals surface area (Å²) in [7, 11) is 0. The number of aryl methyl sites for hydroxylation is 2. The van der Waals surface area contributed by atoms with Crippen LogP contribution in [0.4, 0.5) is 4.39 Å². The van der Waals surface area contributed by atoms with E-state index in [4.69, 9.17) is 4.98 Å². The van der Waals surface area contributed by atoms with Gasteiger partial charge >= 0.3 is 0 Å². The number of para-hydroxylation sites is 1. The maximum Gasteiger partial charge on any atom is 0.267 e. The SMILES string of the molecule is CC(Sc1nc2sc3c(c2c(=O)n1-c1ccccc1)CCC3)C(=O)NCc1ccc(F)cc1.